The first-order valence-corrected chi connectivity index (χ1v) is 8.32. The number of nitrogens with zero attached hydrogens (tertiary/aromatic N) is 2. The Morgan fingerprint density at radius 1 is 1.33 bits per heavy atom. The molecule has 3 rings (SSSR count). The summed E-state index contributed by atoms with van der Waals surface area (Å²) in [5.41, 5.74) is 9.22. The standard InChI is InChI=1S/C18H20ClN3O2/c1-12-7-14-10-22(11-15(14)9-21-12)18(23)13-3-4-17(16(19)8-13)24-6-2-5-20/h3-4,7-9H,2,5-6,10-11,20H2,1H3. The molecule has 1 aromatic carbocycles. The zero-order valence-corrected chi connectivity index (χ0v) is 14.3. The molecular weight excluding hydrogens is 326 g/mol. The summed E-state index contributed by atoms with van der Waals surface area (Å²) >= 11 is 6.23. The molecule has 24 heavy (non-hydrogen) atoms. The highest BCUT2D eigenvalue weighted by Crippen LogP contribution is 2.28. The molecule has 0 atom stereocenters. The van der Waals surface area contributed by atoms with Crippen molar-refractivity contribution in [2.24, 2.45) is 5.73 Å². The van der Waals surface area contributed by atoms with Gasteiger partial charge in [-0.15, -0.1) is 0 Å². The second-order valence-corrected chi connectivity index (χ2v) is 6.30. The molecule has 126 valence electrons. The molecule has 0 saturated carbocycles. The third kappa shape index (κ3) is 3.52. The summed E-state index contributed by atoms with van der Waals surface area (Å²) in [6, 6.07) is 7.18. The number of carbonyl (C=O) groups excluding carboxylic acids is 1. The molecular formula is C18H20ClN3O2. The Balaban J connectivity index is 1.71. The summed E-state index contributed by atoms with van der Waals surface area (Å²) in [4.78, 5) is 18.8. The Kier molecular flexibility index (Phi) is 5.02. The lowest BCUT2D eigenvalue weighted by Crippen LogP contribution is -2.25. The highest BCUT2D eigenvalue weighted by Gasteiger charge is 2.25. The van der Waals surface area contributed by atoms with Crippen LogP contribution in [-0.4, -0.2) is 28.9 Å². The number of amides is 1. The molecule has 5 nitrogen and oxygen atoms in total. The predicted octanol–water partition coefficient (Wildman–Crippen LogP) is 2.93. The molecule has 2 aromatic rings. The van der Waals surface area contributed by atoms with E-state index in [1.807, 2.05) is 19.2 Å². The first-order valence-electron chi connectivity index (χ1n) is 7.94. The lowest BCUT2D eigenvalue weighted by molar-refractivity contribution is 0.0751. The number of aromatic nitrogens is 1. The van der Waals surface area contributed by atoms with Gasteiger partial charge in [-0.2, -0.15) is 0 Å². The van der Waals surface area contributed by atoms with E-state index in [-0.39, 0.29) is 5.91 Å². The number of hydrogen-bond donors (Lipinski definition) is 1. The van der Waals surface area contributed by atoms with Crippen LogP contribution in [0.15, 0.2) is 30.5 Å². The summed E-state index contributed by atoms with van der Waals surface area (Å²) in [7, 11) is 0. The lowest BCUT2D eigenvalue weighted by Gasteiger charge is -2.16. The van der Waals surface area contributed by atoms with Gasteiger partial charge in [-0.3, -0.25) is 9.78 Å². The minimum Gasteiger partial charge on any atom is -0.492 e. The molecule has 1 amide bonds. The van der Waals surface area contributed by atoms with Crippen LogP contribution in [0.1, 0.15) is 33.6 Å². The Hall–Kier alpha value is -2.11. The lowest BCUT2D eigenvalue weighted by atomic mass is 10.2. The van der Waals surface area contributed by atoms with Gasteiger partial charge in [0.15, 0.2) is 0 Å². The van der Waals surface area contributed by atoms with Crippen molar-refractivity contribution in [1.82, 2.24) is 9.88 Å². The number of carbonyl (C=O) groups is 1. The van der Waals surface area contributed by atoms with Gasteiger partial charge in [0.25, 0.3) is 5.91 Å². The average molecular weight is 346 g/mol. The molecule has 0 aliphatic carbocycles. The molecule has 1 aliphatic rings. The predicted molar refractivity (Wildman–Crippen MR) is 93.2 cm³/mol. The minimum absolute atomic E-state index is 0.0424. The van der Waals surface area contributed by atoms with E-state index in [0.29, 0.717) is 42.6 Å². The molecule has 0 radical (unpaired) electrons. The summed E-state index contributed by atoms with van der Waals surface area (Å²) in [6.07, 6.45) is 2.61. The molecule has 0 bridgehead atoms. The maximum atomic E-state index is 12.7. The van der Waals surface area contributed by atoms with Gasteiger partial charge in [0.2, 0.25) is 0 Å². The zero-order valence-electron chi connectivity index (χ0n) is 13.6. The van der Waals surface area contributed by atoms with Gasteiger partial charge in [0, 0.05) is 30.5 Å². The molecule has 0 unspecified atom stereocenters. The molecule has 0 saturated heterocycles. The minimum atomic E-state index is -0.0424. The van der Waals surface area contributed by atoms with Crippen LogP contribution in [0.3, 0.4) is 0 Å². The van der Waals surface area contributed by atoms with Crippen molar-refractivity contribution in [3.8, 4) is 5.75 Å². The van der Waals surface area contributed by atoms with Crippen molar-refractivity contribution < 1.29 is 9.53 Å². The van der Waals surface area contributed by atoms with Crippen molar-refractivity contribution in [2.75, 3.05) is 13.2 Å². The fourth-order valence-electron chi connectivity index (χ4n) is 2.74. The van der Waals surface area contributed by atoms with E-state index in [9.17, 15) is 4.79 Å². The van der Waals surface area contributed by atoms with Crippen LogP contribution >= 0.6 is 11.6 Å². The molecule has 0 fully saturated rings. The number of pyridine rings is 1. The average Bonchev–Trinajstić information content (AvgIpc) is 2.98. The van der Waals surface area contributed by atoms with Crippen molar-refractivity contribution in [2.45, 2.75) is 26.4 Å². The number of rotatable bonds is 5. The fourth-order valence-corrected chi connectivity index (χ4v) is 2.98. The summed E-state index contributed by atoms with van der Waals surface area (Å²) in [6.45, 7) is 4.21. The number of halogens is 1. The van der Waals surface area contributed by atoms with Crippen LogP contribution in [0.4, 0.5) is 0 Å². The number of aryl methyl sites for hydroxylation is 1. The Bertz CT molecular complexity index is 764. The fraction of sp³-hybridized carbons (Fsp3) is 0.333. The van der Waals surface area contributed by atoms with E-state index < -0.39 is 0 Å². The van der Waals surface area contributed by atoms with E-state index in [1.165, 1.54) is 0 Å². The third-order valence-electron chi connectivity index (χ3n) is 4.01. The Morgan fingerprint density at radius 2 is 2.12 bits per heavy atom. The van der Waals surface area contributed by atoms with Gasteiger partial charge in [-0.1, -0.05) is 11.6 Å². The van der Waals surface area contributed by atoms with Crippen LogP contribution in [0.25, 0.3) is 0 Å². The molecule has 2 heterocycles. The van der Waals surface area contributed by atoms with Gasteiger partial charge in [-0.05, 0) is 55.3 Å². The first kappa shape index (κ1) is 16.7. The topological polar surface area (TPSA) is 68.5 Å². The molecule has 1 aromatic heterocycles. The van der Waals surface area contributed by atoms with E-state index in [2.05, 4.69) is 4.98 Å². The van der Waals surface area contributed by atoms with Crippen molar-refractivity contribution >= 4 is 17.5 Å². The van der Waals surface area contributed by atoms with Gasteiger partial charge >= 0.3 is 0 Å². The van der Waals surface area contributed by atoms with Crippen LogP contribution in [-0.2, 0) is 13.1 Å². The first-order chi connectivity index (χ1) is 11.6. The smallest absolute Gasteiger partial charge is 0.254 e. The molecule has 0 spiro atoms. The highest BCUT2D eigenvalue weighted by molar-refractivity contribution is 6.32. The summed E-state index contributed by atoms with van der Waals surface area (Å²) < 4.78 is 5.56. The summed E-state index contributed by atoms with van der Waals surface area (Å²) in [5, 5.41) is 0.437. The van der Waals surface area contributed by atoms with Gasteiger partial charge in [-0.25, -0.2) is 0 Å². The van der Waals surface area contributed by atoms with Crippen molar-refractivity contribution in [3.05, 3.63) is 57.9 Å². The Morgan fingerprint density at radius 3 is 2.88 bits per heavy atom. The van der Waals surface area contributed by atoms with Crippen LogP contribution in [0, 0.1) is 6.92 Å². The highest BCUT2D eigenvalue weighted by atomic mass is 35.5. The van der Waals surface area contributed by atoms with Crippen LogP contribution in [0.5, 0.6) is 5.75 Å². The second kappa shape index (κ2) is 7.20. The molecule has 1 aliphatic heterocycles. The zero-order chi connectivity index (χ0) is 17.1. The third-order valence-corrected chi connectivity index (χ3v) is 4.31. The molecule has 6 heteroatoms. The number of hydrogen-bond acceptors (Lipinski definition) is 4. The summed E-state index contributed by atoms with van der Waals surface area (Å²) in [5.74, 6) is 0.533. The number of ether oxygens (including phenoxy) is 1. The number of benzene rings is 1. The quantitative estimate of drug-likeness (QED) is 0.846. The monoisotopic (exact) mass is 345 g/mol. The van der Waals surface area contributed by atoms with Crippen LogP contribution < -0.4 is 10.5 Å². The molecule has 2 N–H and O–H groups in total. The van der Waals surface area contributed by atoms with E-state index in [4.69, 9.17) is 22.1 Å². The van der Waals surface area contributed by atoms with E-state index in [0.717, 1.165) is 23.2 Å². The maximum absolute atomic E-state index is 12.7. The number of fused-ring (bicyclic) bond motifs is 1. The largest absolute Gasteiger partial charge is 0.492 e. The normalized spacial score (nSPS) is 13.0. The van der Waals surface area contributed by atoms with Gasteiger partial charge in [0.1, 0.15) is 5.75 Å². The van der Waals surface area contributed by atoms with Crippen molar-refractivity contribution in [3.63, 3.8) is 0 Å². The Labute approximate surface area is 146 Å². The van der Waals surface area contributed by atoms with Crippen molar-refractivity contribution in [1.29, 1.82) is 0 Å². The van der Waals surface area contributed by atoms with E-state index >= 15 is 0 Å². The second-order valence-electron chi connectivity index (χ2n) is 5.89. The van der Waals surface area contributed by atoms with Crippen LogP contribution in [0.2, 0.25) is 5.02 Å². The van der Waals surface area contributed by atoms with E-state index in [1.54, 1.807) is 23.1 Å². The SMILES string of the molecule is Cc1cc2c(cn1)CN(C(=O)c1ccc(OCCCN)c(Cl)c1)C2. The number of nitrogens with two attached hydrogens (primary N) is 1. The van der Waals surface area contributed by atoms with Gasteiger partial charge in [0.05, 0.1) is 11.6 Å². The van der Waals surface area contributed by atoms with Gasteiger partial charge < -0.3 is 15.4 Å². The maximum Gasteiger partial charge on any atom is 0.254 e.